The minimum Gasteiger partial charge on any atom is -0.746 e. The average molecular weight is 575 g/mol. The van der Waals surface area contributed by atoms with Crippen molar-refractivity contribution in [1.29, 1.82) is 0 Å². The van der Waals surface area contributed by atoms with Crippen LogP contribution in [0.2, 0.25) is 0 Å². The Balaban J connectivity index is 1.52. The first-order valence-corrected chi connectivity index (χ1v) is 13.7. The molecule has 1 atom stereocenters. The zero-order valence-electron chi connectivity index (χ0n) is 21.1. The Bertz CT molecular complexity index is 1890. The van der Waals surface area contributed by atoms with Crippen molar-refractivity contribution in [1.82, 2.24) is 0 Å². The monoisotopic (exact) mass is 575 g/mol. The number of carboxylic acids is 1. The molecule has 0 amide bonds. The molecule has 3 aromatic carbocycles. The first kappa shape index (κ1) is 27.6. The number of phosphoric acid groups is 1. The Hall–Kier alpha value is -4.96. The fourth-order valence-electron chi connectivity index (χ4n) is 4.51. The van der Waals surface area contributed by atoms with E-state index in [0.29, 0.717) is 28.5 Å². The number of benzene rings is 4. The van der Waals surface area contributed by atoms with Crippen molar-refractivity contribution in [2.75, 3.05) is 6.54 Å². The number of carboxylic acid groups (broad SMARTS) is 1. The van der Waals surface area contributed by atoms with E-state index in [9.17, 15) is 34.4 Å². The molecule has 0 bridgehead atoms. The number of aromatic carboxylic acids is 1. The highest BCUT2D eigenvalue weighted by molar-refractivity contribution is 7.45. The SMILES string of the molecule is O=C(O)c1ccc(C(O)=[NH+]CCc2ccc(OP(=O)([O-])O)cc2)cc1-c1c2ccc(=O)cc-2oc2cc(O)ccc12. The molecule has 0 saturated carbocycles. The van der Waals surface area contributed by atoms with Crippen LogP contribution < -0.4 is 19.8 Å². The van der Waals surface area contributed by atoms with E-state index in [0.717, 1.165) is 5.56 Å². The predicted molar refractivity (Wildman–Crippen MR) is 146 cm³/mol. The Morgan fingerprint density at radius 2 is 1.71 bits per heavy atom. The fraction of sp³-hybridized carbons (Fsp3) is 0.0690. The molecule has 11 nitrogen and oxygen atoms in total. The molecule has 0 radical (unpaired) electrons. The molecule has 0 saturated heterocycles. The van der Waals surface area contributed by atoms with Crippen LogP contribution in [0.3, 0.4) is 0 Å². The van der Waals surface area contributed by atoms with Gasteiger partial charge in [-0.1, -0.05) is 12.1 Å². The summed E-state index contributed by atoms with van der Waals surface area (Å²) < 4.78 is 21.1. The average Bonchev–Trinajstić information content (AvgIpc) is 2.91. The van der Waals surface area contributed by atoms with Crippen molar-refractivity contribution < 1.29 is 48.4 Å². The van der Waals surface area contributed by atoms with Crippen molar-refractivity contribution >= 4 is 30.7 Å². The summed E-state index contributed by atoms with van der Waals surface area (Å²) >= 11 is 0. The Morgan fingerprint density at radius 1 is 0.951 bits per heavy atom. The molecular weight excluding hydrogens is 553 g/mol. The number of phenolic OH excluding ortho intramolecular Hbond substituents is 1. The zero-order chi connectivity index (χ0) is 29.3. The standard InChI is InChI=1S/C29H22NO10P/c31-18-4-9-22-25(14-18)39-26-15-19(32)5-10-23(26)27(22)24-13-17(3-8-21(24)29(34)35)28(33)30-12-11-16-1-6-20(7-2-16)40-41(36,37)38/h1-10,13-15,31H,11-12H2,(H,30,33)(H,34,35)(H2,36,37,38). The number of aliphatic hydroxyl groups excluding tert-OH is 1. The third-order valence-electron chi connectivity index (χ3n) is 6.32. The summed E-state index contributed by atoms with van der Waals surface area (Å²) in [5, 5.41) is 31.3. The Morgan fingerprint density at radius 3 is 2.41 bits per heavy atom. The number of fused-ring (bicyclic) bond motifs is 2. The van der Waals surface area contributed by atoms with Crippen molar-refractivity contribution in [3.63, 3.8) is 0 Å². The van der Waals surface area contributed by atoms with Crippen LogP contribution in [-0.2, 0) is 11.0 Å². The van der Waals surface area contributed by atoms with Gasteiger partial charge in [-0.2, -0.15) is 0 Å². The van der Waals surface area contributed by atoms with Crippen molar-refractivity contribution in [3.05, 3.63) is 106 Å². The first-order valence-electron chi connectivity index (χ1n) is 12.2. The molecule has 1 heterocycles. The lowest BCUT2D eigenvalue weighted by atomic mass is 9.89. The fourth-order valence-corrected chi connectivity index (χ4v) is 4.90. The third-order valence-corrected chi connectivity index (χ3v) is 6.76. The summed E-state index contributed by atoms with van der Waals surface area (Å²) in [5.74, 6) is -1.34. The van der Waals surface area contributed by atoms with E-state index < -0.39 is 13.8 Å². The number of phenols is 1. The van der Waals surface area contributed by atoms with Crippen LogP contribution in [0.5, 0.6) is 11.5 Å². The maximum Gasteiger partial charge on any atom is 0.365 e. The summed E-state index contributed by atoms with van der Waals surface area (Å²) in [6, 6.07) is 18.8. The number of phosphoric ester groups is 1. The van der Waals surface area contributed by atoms with Gasteiger partial charge in [-0.15, -0.1) is 0 Å². The van der Waals surface area contributed by atoms with Gasteiger partial charge in [0.05, 0.1) is 11.1 Å². The lowest BCUT2D eigenvalue weighted by molar-refractivity contribution is -0.464. The number of rotatable bonds is 8. The van der Waals surface area contributed by atoms with Gasteiger partial charge in [0, 0.05) is 35.1 Å². The molecule has 2 aliphatic rings. The van der Waals surface area contributed by atoms with Crippen LogP contribution in [0.15, 0.2) is 88.1 Å². The third kappa shape index (κ3) is 6.12. The molecule has 5 N–H and O–H groups in total. The number of aliphatic hydroxyl groups is 1. The van der Waals surface area contributed by atoms with E-state index in [1.165, 1.54) is 60.7 Å². The summed E-state index contributed by atoms with van der Waals surface area (Å²) in [7, 11) is -4.91. The number of nitrogens with one attached hydrogen (secondary N) is 1. The Kier molecular flexibility index (Phi) is 7.34. The van der Waals surface area contributed by atoms with Crippen LogP contribution in [0, 0.1) is 0 Å². The largest absolute Gasteiger partial charge is 0.746 e. The second-order valence-corrected chi connectivity index (χ2v) is 10.2. The van der Waals surface area contributed by atoms with Crippen LogP contribution in [0.1, 0.15) is 21.5 Å². The molecule has 0 fully saturated rings. The maximum absolute atomic E-state index is 12.2. The molecule has 5 rings (SSSR count). The highest BCUT2D eigenvalue weighted by atomic mass is 31.2. The highest BCUT2D eigenvalue weighted by Crippen LogP contribution is 2.42. The van der Waals surface area contributed by atoms with Crippen molar-refractivity contribution in [3.8, 4) is 33.9 Å². The minimum atomic E-state index is -4.91. The van der Waals surface area contributed by atoms with Gasteiger partial charge >= 0.3 is 19.7 Å². The van der Waals surface area contributed by atoms with Crippen molar-refractivity contribution in [2.24, 2.45) is 0 Å². The van der Waals surface area contributed by atoms with Crippen molar-refractivity contribution in [2.45, 2.75) is 6.42 Å². The second-order valence-electron chi connectivity index (χ2n) is 9.11. The number of hydrogen-bond donors (Lipinski definition) is 5. The second kappa shape index (κ2) is 10.9. The molecule has 41 heavy (non-hydrogen) atoms. The quantitative estimate of drug-likeness (QED) is 0.0795. The molecule has 1 aliphatic carbocycles. The highest BCUT2D eigenvalue weighted by Gasteiger charge is 2.23. The smallest absolute Gasteiger partial charge is 0.365 e. The number of hydrogen-bond acceptors (Lipinski definition) is 7. The lowest BCUT2D eigenvalue weighted by Crippen LogP contribution is -2.74. The predicted octanol–water partition coefficient (Wildman–Crippen LogP) is 2.44. The van der Waals surface area contributed by atoms with Crippen LogP contribution in [0.4, 0.5) is 0 Å². The van der Waals surface area contributed by atoms with Crippen LogP contribution >= 0.6 is 7.82 Å². The zero-order valence-corrected chi connectivity index (χ0v) is 22.0. The normalized spacial score (nSPS) is 13.3. The van der Waals surface area contributed by atoms with Gasteiger partial charge in [-0.05, 0) is 65.7 Å². The van der Waals surface area contributed by atoms with E-state index in [1.54, 1.807) is 18.2 Å². The maximum atomic E-state index is 12.2. The van der Waals surface area contributed by atoms with E-state index in [4.69, 9.17) is 9.31 Å². The van der Waals surface area contributed by atoms with Gasteiger partial charge in [-0.25, -0.2) is 9.79 Å². The summed E-state index contributed by atoms with van der Waals surface area (Å²) in [5.41, 5.74) is 2.12. The minimum absolute atomic E-state index is 0.0431. The lowest BCUT2D eigenvalue weighted by Gasteiger charge is -2.17. The topological polar surface area (TPSA) is 192 Å². The first-order chi connectivity index (χ1) is 19.5. The van der Waals surface area contributed by atoms with Gasteiger partial charge in [0.15, 0.2) is 5.43 Å². The van der Waals surface area contributed by atoms with Gasteiger partial charge in [0.1, 0.15) is 29.4 Å². The van der Waals surface area contributed by atoms with E-state index in [2.05, 4.69) is 9.52 Å². The number of aromatic hydroxyl groups is 1. The van der Waals surface area contributed by atoms with Crippen LogP contribution in [-0.4, -0.2) is 38.6 Å². The molecular formula is C29H22NO10P. The van der Waals surface area contributed by atoms with Crippen LogP contribution in [0.25, 0.3) is 33.4 Å². The molecule has 0 spiro atoms. The molecule has 3 aromatic rings. The van der Waals surface area contributed by atoms with Gasteiger partial charge in [0.25, 0.3) is 0 Å². The van der Waals surface area contributed by atoms with Gasteiger partial charge in [-0.3, -0.25) is 9.36 Å². The van der Waals surface area contributed by atoms with E-state index in [-0.39, 0.29) is 51.8 Å². The molecule has 1 aliphatic heterocycles. The van der Waals surface area contributed by atoms with E-state index in [1.807, 2.05) is 0 Å². The number of carbonyl (C=O) groups is 1. The summed E-state index contributed by atoms with van der Waals surface area (Å²) in [6.07, 6.45) is 0.426. The molecule has 208 valence electrons. The Labute approximate surface area is 231 Å². The molecule has 0 aromatic heterocycles. The van der Waals surface area contributed by atoms with Gasteiger partial charge in [0.2, 0.25) is 0 Å². The summed E-state index contributed by atoms with van der Waals surface area (Å²) in [4.78, 5) is 46.8. The summed E-state index contributed by atoms with van der Waals surface area (Å²) in [6.45, 7) is 0.268. The molecule has 1 unspecified atom stereocenters. The molecule has 12 heteroatoms. The van der Waals surface area contributed by atoms with E-state index >= 15 is 0 Å². The van der Waals surface area contributed by atoms with Gasteiger partial charge < -0.3 is 34.0 Å².